The number of likely N-dealkylation sites (tertiary alicyclic amines) is 1. The Balaban J connectivity index is 0. The van der Waals surface area contributed by atoms with Gasteiger partial charge in [-0.2, -0.15) is 0 Å². The normalized spacial score (nSPS) is 17.5. The van der Waals surface area contributed by atoms with Crippen molar-refractivity contribution >= 4 is 0 Å². The minimum absolute atomic E-state index is 0. The van der Waals surface area contributed by atoms with Crippen molar-refractivity contribution in [3.8, 4) is 0 Å². The van der Waals surface area contributed by atoms with Gasteiger partial charge in [-0.05, 0) is 66.2 Å². The molecule has 4 nitrogen and oxygen atoms in total. The molecule has 0 aromatic heterocycles. The molecule has 22 heavy (non-hydrogen) atoms. The molecule has 2 N–H and O–H groups in total. The van der Waals surface area contributed by atoms with E-state index in [9.17, 15) is 0 Å². The number of piperidine rings is 1. The Bertz CT molecular complexity index is 241. The first-order valence-corrected chi connectivity index (χ1v) is 9.36. The molecule has 1 aliphatic heterocycles. The van der Waals surface area contributed by atoms with Gasteiger partial charge in [-0.25, -0.2) is 0 Å². The molecule has 1 fully saturated rings. The predicted octanol–water partition coefficient (Wildman–Crippen LogP) is 3.70. The van der Waals surface area contributed by atoms with Crippen molar-refractivity contribution in [1.82, 2.24) is 0 Å². The number of nitrogens with zero attached hydrogens (tertiary/aromatic N) is 2. The van der Waals surface area contributed by atoms with E-state index in [-0.39, 0.29) is 11.0 Å². The summed E-state index contributed by atoms with van der Waals surface area (Å²) in [6.07, 6.45) is 8.73. The third kappa shape index (κ3) is 6.95. The summed E-state index contributed by atoms with van der Waals surface area (Å²) in [5.41, 5.74) is 0. The molecule has 136 valence electrons. The first-order valence-electron chi connectivity index (χ1n) is 9.36. The van der Waals surface area contributed by atoms with Gasteiger partial charge in [0.2, 0.25) is 0 Å². The van der Waals surface area contributed by atoms with Crippen LogP contribution in [0.25, 0.3) is 0 Å². The molecular formula is C18H42N2O2. The van der Waals surface area contributed by atoms with E-state index in [1.807, 2.05) is 0 Å². The minimum atomic E-state index is 0. The van der Waals surface area contributed by atoms with Gasteiger partial charge in [0, 0.05) is 0 Å². The summed E-state index contributed by atoms with van der Waals surface area (Å²) in [4.78, 5) is 0. The van der Waals surface area contributed by atoms with E-state index in [1.165, 1.54) is 99.8 Å². The van der Waals surface area contributed by atoms with Crippen LogP contribution in [-0.2, 0) is 0 Å². The Hall–Kier alpha value is -0.160. The van der Waals surface area contributed by atoms with Crippen molar-refractivity contribution in [2.45, 2.75) is 66.2 Å². The smallest absolute Gasteiger partial charge is 0.0786 e. The largest absolute Gasteiger partial charge is 0.870 e. The third-order valence-electron chi connectivity index (χ3n) is 6.21. The fourth-order valence-electron chi connectivity index (χ4n) is 4.10. The van der Waals surface area contributed by atoms with Crippen LogP contribution in [0.1, 0.15) is 66.2 Å². The number of unbranched alkanes of at least 4 members (excludes halogenated alkanes) is 2. The fourth-order valence-corrected chi connectivity index (χ4v) is 4.10. The highest BCUT2D eigenvalue weighted by atomic mass is 16.0. The monoisotopic (exact) mass is 318 g/mol. The van der Waals surface area contributed by atoms with Gasteiger partial charge in [0.25, 0.3) is 0 Å². The van der Waals surface area contributed by atoms with Crippen LogP contribution in [0.3, 0.4) is 0 Å². The molecule has 0 amide bonds. The van der Waals surface area contributed by atoms with E-state index < -0.39 is 0 Å². The van der Waals surface area contributed by atoms with Gasteiger partial charge in [-0.15, -0.1) is 0 Å². The van der Waals surface area contributed by atoms with E-state index in [1.54, 1.807) is 0 Å². The average Bonchev–Trinajstić information content (AvgIpc) is 2.52. The topological polar surface area (TPSA) is 60.0 Å². The molecule has 4 heteroatoms. The second-order valence-corrected chi connectivity index (χ2v) is 6.96. The standard InChI is InChI=1S/C18H40N2.2H2O/c1-5-19(6-2,7-3)15-11-9-12-16-20(8-4)17-13-10-14-18-20;;/h5-18H2,1-4H3;2*1H2/q+2;;/p-2. The Labute approximate surface area is 139 Å². The predicted molar refractivity (Wildman–Crippen MR) is 93.7 cm³/mol. The molecular weight excluding hydrogens is 276 g/mol. The van der Waals surface area contributed by atoms with Crippen LogP contribution in [0.2, 0.25) is 0 Å². The molecule has 0 aliphatic carbocycles. The van der Waals surface area contributed by atoms with Gasteiger partial charge in [-0.1, -0.05) is 0 Å². The zero-order valence-corrected chi connectivity index (χ0v) is 15.7. The highest BCUT2D eigenvalue weighted by Gasteiger charge is 2.27. The summed E-state index contributed by atoms with van der Waals surface area (Å²) >= 11 is 0. The van der Waals surface area contributed by atoms with Crippen molar-refractivity contribution in [1.29, 1.82) is 0 Å². The zero-order valence-electron chi connectivity index (χ0n) is 15.7. The summed E-state index contributed by atoms with van der Waals surface area (Å²) < 4.78 is 2.75. The first kappa shape index (κ1) is 24.1. The van der Waals surface area contributed by atoms with Crippen molar-refractivity contribution in [2.24, 2.45) is 0 Å². The molecule has 0 aromatic rings. The van der Waals surface area contributed by atoms with Gasteiger partial charge in [0.15, 0.2) is 0 Å². The lowest BCUT2D eigenvalue weighted by Gasteiger charge is -2.41. The number of rotatable bonds is 10. The van der Waals surface area contributed by atoms with Crippen molar-refractivity contribution in [2.75, 3.05) is 52.4 Å². The van der Waals surface area contributed by atoms with E-state index in [0.717, 1.165) is 0 Å². The van der Waals surface area contributed by atoms with Crippen molar-refractivity contribution in [3.63, 3.8) is 0 Å². The van der Waals surface area contributed by atoms with Crippen molar-refractivity contribution < 1.29 is 19.9 Å². The molecule has 0 unspecified atom stereocenters. The maximum absolute atomic E-state index is 2.40. The van der Waals surface area contributed by atoms with Gasteiger partial charge in [0.1, 0.15) is 0 Å². The highest BCUT2D eigenvalue weighted by Crippen LogP contribution is 2.20. The Kier molecular flexibility index (Phi) is 13.5. The molecule has 1 rings (SSSR count). The second kappa shape index (κ2) is 12.3. The second-order valence-electron chi connectivity index (χ2n) is 6.96. The lowest BCUT2D eigenvalue weighted by atomic mass is 10.1. The molecule has 0 bridgehead atoms. The number of hydrogen-bond donors (Lipinski definition) is 0. The molecule has 0 saturated carbocycles. The van der Waals surface area contributed by atoms with Gasteiger partial charge in [0.05, 0.1) is 52.4 Å². The minimum Gasteiger partial charge on any atom is -0.870 e. The van der Waals surface area contributed by atoms with Crippen molar-refractivity contribution in [3.05, 3.63) is 0 Å². The maximum Gasteiger partial charge on any atom is 0.0786 e. The molecule has 0 radical (unpaired) electrons. The molecule has 0 aromatic carbocycles. The number of quaternary nitrogens is 2. The van der Waals surface area contributed by atoms with E-state index in [0.29, 0.717) is 0 Å². The fraction of sp³-hybridized carbons (Fsp3) is 1.00. The Morgan fingerprint density at radius 1 is 0.727 bits per heavy atom. The summed E-state index contributed by atoms with van der Waals surface area (Å²) in [5, 5.41) is 0. The molecule has 1 saturated heterocycles. The van der Waals surface area contributed by atoms with Crippen LogP contribution >= 0.6 is 0 Å². The molecule has 1 aliphatic rings. The van der Waals surface area contributed by atoms with Crippen LogP contribution in [0.15, 0.2) is 0 Å². The summed E-state index contributed by atoms with van der Waals surface area (Å²) in [7, 11) is 0. The highest BCUT2D eigenvalue weighted by molar-refractivity contribution is 4.54. The molecule has 1 heterocycles. The third-order valence-corrected chi connectivity index (χ3v) is 6.21. The van der Waals surface area contributed by atoms with Crippen LogP contribution in [-0.4, -0.2) is 72.3 Å². The zero-order chi connectivity index (χ0) is 14.9. The Morgan fingerprint density at radius 2 is 1.27 bits per heavy atom. The molecule has 0 atom stereocenters. The quantitative estimate of drug-likeness (QED) is 0.455. The summed E-state index contributed by atoms with van der Waals surface area (Å²) in [5.74, 6) is 0. The van der Waals surface area contributed by atoms with E-state index in [2.05, 4.69) is 27.7 Å². The van der Waals surface area contributed by atoms with Crippen LogP contribution < -0.4 is 0 Å². The Morgan fingerprint density at radius 3 is 1.73 bits per heavy atom. The maximum atomic E-state index is 2.40. The van der Waals surface area contributed by atoms with Crippen LogP contribution in [0, 0.1) is 0 Å². The SMILES string of the molecule is CC[N+](CC)(CC)CCCCC[N+]1(CC)CCCCC1.[OH-].[OH-]. The lowest BCUT2D eigenvalue weighted by Crippen LogP contribution is -2.52. The number of hydrogen-bond acceptors (Lipinski definition) is 2. The van der Waals surface area contributed by atoms with Gasteiger partial charge >= 0.3 is 0 Å². The first-order chi connectivity index (χ1) is 9.66. The average molecular weight is 319 g/mol. The van der Waals surface area contributed by atoms with Crippen LogP contribution in [0.4, 0.5) is 0 Å². The summed E-state index contributed by atoms with van der Waals surface area (Å²) in [6, 6.07) is 0. The van der Waals surface area contributed by atoms with Gasteiger partial charge in [-0.3, -0.25) is 0 Å². The van der Waals surface area contributed by atoms with Crippen LogP contribution in [0.5, 0.6) is 0 Å². The van der Waals surface area contributed by atoms with Gasteiger partial charge < -0.3 is 19.9 Å². The molecule has 0 spiro atoms. The lowest BCUT2D eigenvalue weighted by molar-refractivity contribution is -0.931. The van der Waals surface area contributed by atoms with E-state index in [4.69, 9.17) is 0 Å². The summed E-state index contributed by atoms with van der Waals surface area (Å²) in [6.45, 7) is 20.5. The van der Waals surface area contributed by atoms with E-state index >= 15 is 0 Å².